The number of aliphatic carboxylic acids is 1. The normalized spacial score (nSPS) is 19.0. The van der Waals surface area contributed by atoms with Crippen molar-refractivity contribution >= 4 is 17.7 Å². The molecule has 0 radical (unpaired) electrons. The minimum absolute atomic E-state index is 0.0182. The topological polar surface area (TPSA) is 92.7 Å². The van der Waals surface area contributed by atoms with Gasteiger partial charge in [0, 0.05) is 18.5 Å². The van der Waals surface area contributed by atoms with Crippen molar-refractivity contribution in [2.45, 2.75) is 26.7 Å². The average Bonchev–Trinajstić information content (AvgIpc) is 3.31. The van der Waals surface area contributed by atoms with E-state index in [2.05, 4.69) is 5.32 Å². The van der Waals surface area contributed by atoms with Gasteiger partial charge in [-0.3, -0.25) is 14.4 Å². The number of benzene rings is 1. The molecule has 1 aromatic rings. The van der Waals surface area contributed by atoms with E-state index in [-0.39, 0.29) is 30.1 Å². The van der Waals surface area contributed by atoms with Gasteiger partial charge in [0.15, 0.2) is 12.4 Å². The van der Waals surface area contributed by atoms with Crippen molar-refractivity contribution < 1.29 is 24.2 Å². The zero-order valence-corrected chi connectivity index (χ0v) is 13.3. The molecule has 1 aromatic carbocycles. The van der Waals surface area contributed by atoms with Crippen LogP contribution in [-0.2, 0) is 9.59 Å². The number of hydrogen-bond donors (Lipinski definition) is 2. The lowest BCUT2D eigenvalue weighted by atomic mass is 10.0. The fourth-order valence-electron chi connectivity index (χ4n) is 2.40. The Morgan fingerprint density at radius 1 is 1.35 bits per heavy atom. The molecule has 0 aliphatic heterocycles. The monoisotopic (exact) mass is 319 g/mol. The van der Waals surface area contributed by atoms with Crippen LogP contribution in [0.2, 0.25) is 0 Å². The summed E-state index contributed by atoms with van der Waals surface area (Å²) < 4.78 is 5.40. The van der Waals surface area contributed by atoms with Gasteiger partial charge in [-0.15, -0.1) is 0 Å². The van der Waals surface area contributed by atoms with Crippen LogP contribution in [0, 0.1) is 18.8 Å². The van der Waals surface area contributed by atoms with E-state index in [1.54, 1.807) is 25.1 Å². The molecule has 23 heavy (non-hydrogen) atoms. The minimum Gasteiger partial charge on any atom is -0.484 e. The Bertz CT molecular complexity index is 625. The summed E-state index contributed by atoms with van der Waals surface area (Å²) in [6, 6.07) is 5.16. The number of ketones is 1. The Morgan fingerprint density at radius 3 is 2.70 bits per heavy atom. The van der Waals surface area contributed by atoms with Crippen LogP contribution < -0.4 is 10.1 Å². The second-order valence-corrected chi connectivity index (χ2v) is 5.79. The van der Waals surface area contributed by atoms with Crippen LogP contribution in [0.25, 0.3) is 0 Å². The third-order valence-corrected chi connectivity index (χ3v) is 4.00. The van der Waals surface area contributed by atoms with Gasteiger partial charge in [0.1, 0.15) is 5.75 Å². The van der Waals surface area contributed by atoms with Crippen LogP contribution in [0.15, 0.2) is 18.2 Å². The first-order valence-corrected chi connectivity index (χ1v) is 7.68. The third-order valence-electron chi connectivity index (χ3n) is 4.00. The number of carboxylic acids is 1. The molecule has 1 saturated carbocycles. The Kier molecular flexibility index (Phi) is 5.36. The number of carbonyl (C=O) groups excluding carboxylic acids is 2. The maximum absolute atomic E-state index is 11.8. The van der Waals surface area contributed by atoms with Gasteiger partial charge in [-0.25, -0.2) is 0 Å². The van der Waals surface area contributed by atoms with Gasteiger partial charge in [-0.1, -0.05) is 13.0 Å². The van der Waals surface area contributed by atoms with Crippen molar-refractivity contribution in [3.63, 3.8) is 0 Å². The molecule has 0 bridgehead atoms. The van der Waals surface area contributed by atoms with Crippen LogP contribution in [0.3, 0.4) is 0 Å². The standard InChI is InChI=1S/C17H21NO5/c1-3-15(19)13-7-12(5-4-10(13)2)23-9-16(20)18-8-11-6-14(11)17(21)22/h4-5,7,11,14H,3,6,8-9H2,1-2H3,(H,18,20)(H,21,22). The summed E-state index contributed by atoms with van der Waals surface area (Å²) in [4.78, 5) is 34.2. The van der Waals surface area contributed by atoms with Crippen LogP contribution in [0.4, 0.5) is 0 Å². The number of ether oxygens (including phenoxy) is 1. The zero-order chi connectivity index (χ0) is 17.0. The first-order valence-electron chi connectivity index (χ1n) is 7.68. The van der Waals surface area contributed by atoms with Crippen LogP contribution in [0.5, 0.6) is 5.75 Å². The highest BCUT2D eigenvalue weighted by atomic mass is 16.5. The summed E-state index contributed by atoms with van der Waals surface area (Å²) in [5.41, 5.74) is 1.48. The molecule has 2 rings (SSSR count). The van der Waals surface area contributed by atoms with E-state index in [9.17, 15) is 14.4 Å². The molecule has 2 N–H and O–H groups in total. The lowest BCUT2D eigenvalue weighted by Crippen LogP contribution is -2.31. The molecule has 124 valence electrons. The summed E-state index contributed by atoms with van der Waals surface area (Å²) in [7, 11) is 0. The highest BCUT2D eigenvalue weighted by Gasteiger charge is 2.42. The molecule has 0 aromatic heterocycles. The molecule has 2 unspecified atom stereocenters. The number of carbonyl (C=O) groups is 3. The summed E-state index contributed by atoms with van der Waals surface area (Å²) in [5.74, 6) is -0.929. The molecule has 0 heterocycles. The Hall–Kier alpha value is -2.37. The number of hydrogen-bond acceptors (Lipinski definition) is 4. The molecular formula is C17H21NO5. The molecule has 0 spiro atoms. The van der Waals surface area contributed by atoms with Crippen LogP contribution in [0.1, 0.15) is 35.7 Å². The van der Waals surface area contributed by atoms with Crippen molar-refractivity contribution in [2.75, 3.05) is 13.2 Å². The van der Waals surface area contributed by atoms with Crippen LogP contribution in [-0.4, -0.2) is 35.9 Å². The molecule has 1 fully saturated rings. The first kappa shape index (κ1) is 17.0. The van der Waals surface area contributed by atoms with Crippen molar-refractivity contribution in [1.82, 2.24) is 5.32 Å². The SMILES string of the molecule is CCC(=O)c1cc(OCC(=O)NCC2CC2C(=O)O)ccc1C. The molecule has 0 saturated heterocycles. The molecule has 6 heteroatoms. The molecule has 1 amide bonds. The van der Waals surface area contributed by atoms with E-state index in [1.165, 1.54) is 0 Å². The van der Waals surface area contributed by atoms with Gasteiger partial charge in [0.05, 0.1) is 5.92 Å². The second-order valence-electron chi connectivity index (χ2n) is 5.79. The fraction of sp³-hybridized carbons (Fsp3) is 0.471. The number of nitrogens with one attached hydrogen (secondary N) is 1. The van der Waals surface area contributed by atoms with Crippen molar-refractivity contribution in [3.8, 4) is 5.75 Å². The smallest absolute Gasteiger partial charge is 0.306 e. The van der Waals surface area contributed by atoms with Gasteiger partial charge in [0.25, 0.3) is 5.91 Å². The lowest BCUT2D eigenvalue weighted by molar-refractivity contribution is -0.139. The van der Waals surface area contributed by atoms with Gasteiger partial charge < -0.3 is 15.2 Å². The third kappa shape index (κ3) is 4.55. The predicted molar refractivity (Wildman–Crippen MR) is 83.5 cm³/mol. The highest BCUT2D eigenvalue weighted by molar-refractivity contribution is 5.97. The fourth-order valence-corrected chi connectivity index (χ4v) is 2.40. The highest BCUT2D eigenvalue weighted by Crippen LogP contribution is 2.37. The average molecular weight is 319 g/mol. The molecular weight excluding hydrogens is 298 g/mol. The van der Waals surface area contributed by atoms with E-state index < -0.39 is 5.97 Å². The number of rotatable bonds is 8. The summed E-state index contributed by atoms with van der Waals surface area (Å²) >= 11 is 0. The number of amides is 1. The Labute approximate surface area is 134 Å². The second kappa shape index (κ2) is 7.26. The Morgan fingerprint density at radius 2 is 2.09 bits per heavy atom. The van der Waals surface area contributed by atoms with Gasteiger partial charge in [0.2, 0.25) is 0 Å². The quantitative estimate of drug-likeness (QED) is 0.713. The first-order chi connectivity index (χ1) is 10.9. The van der Waals surface area contributed by atoms with Gasteiger partial charge in [-0.2, -0.15) is 0 Å². The molecule has 6 nitrogen and oxygen atoms in total. The largest absolute Gasteiger partial charge is 0.484 e. The molecule has 2 atom stereocenters. The van der Waals surface area contributed by atoms with E-state index in [0.29, 0.717) is 30.7 Å². The summed E-state index contributed by atoms with van der Waals surface area (Å²) in [6.45, 7) is 3.85. The maximum atomic E-state index is 11.8. The van der Waals surface area contributed by atoms with Crippen LogP contribution >= 0.6 is 0 Å². The Balaban J connectivity index is 1.80. The predicted octanol–water partition coefficient (Wildman–Crippen LogP) is 1.80. The van der Waals surface area contributed by atoms with E-state index in [4.69, 9.17) is 9.84 Å². The minimum atomic E-state index is -0.812. The van der Waals surface area contributed by atoms with Crippen molar-refractivity contribution in [2.24, 2.45) is 11.8 Å². The summed E-state index contributed by atoms with van der Waals surface area (Å²) in [6.07, 6.45) is 1.02. The number of carboxylic acid groups (broad SMARTS) is 1. The number of Topliss-reactive ketones (excluding diaryl/α,β-unsaturated/α-hetero) is 1. The lowest BCUT2D eigenvalue weighted by Gasteiger charge is -2.10. The van der Waals surface area contributed by atoms with Crippen molar-refractivity contribution in [1.29, 1.82) is 0 Å². The van der Waals surface area contributed by atoms with E-state index in [1.807, 2.05) is 6.92 Å². The zero-order valence-electron chi connectivity index (χ0n) is 13.3. The van der Waals surface area contributed by atoms with Gasteiger partial charge in [-0.05, 0) is 37.0 Å². The van der Waals surface area contributed by atoms with Gasteiger partial charge >= 0.3 is 5.97 Å². The molecule has 1 aliphatic carbocycles. The maximum Gasteiger partial charge on any atom is 0.306 e. The summed E-state index contributed by atoms with van der Waals surface area (Å²) in [5, 5.41) is 11.5. The molecule has 1 aliphatic rings. The van der Waals surface area contributed by atoms with E-state index in [0.717, 1.165) is 5.56 Å². The number of aryl methyl sites for hydroxylation is 1. The van der Waals surface area contributed by atoms with E-state index >= 15 is 0 Å². The van der Waals surface area contributed by atoms with Crippen molar-refractivity contribution in [3.05, 3.63) is 29.3 Å².